The van der Waals surface area contributed by atoms with E-state index in [1.54, 1.807) is 24.3 Å². The quantitative estimate of drug-likeness (QED) is 0.656. The number of aliphatic hydroxyl groups excluding tert-OH is 1. The summed E-state index contributed by atoms with van der Waals surface area (Å²) in [4.78, 5) is 28.3. The van der Waals surface area contributed by atoms with Gasteiger partial charge in [-0.25, -0.2) is 4.98 Å². The van der Waals surface area contributed by atoms with Crippen LogP contribution in [0.5, 0.6) is 5.75 Å². The summed E-state index contributed by atoms with van der Waals surface area (Å²) < 4.78 is 6.87. The van der Waals surface area contributed by atoms with Crippen molar-refractivity contribution in [3.8, 4) is 5.75 Å². The van der Waals surface area contributed by atoms with Gasteiger partial charge in [0.05, 0.1) is 17.2 Å². The number of carbonyl (C=O) groups excluding carboxylic acids is 1. The van der Waals surface area contributed by atoms with Gasteiger partial charge in [0.2, 0.25) is 5.91 Å². The molecule has 0 aliphatic rings. The Balaban J connectivity index is 1.54. The second kappa shape index (κ2) is 8.46. The first kappa shape index (κ1) is 18.6. The monoisotopic (exact) mass is 367 g/mol. The fraction of sp³-hybridized carbons (Fsp3) is 0.250. The van der Waals surface area contributed by atoms with Gasteiger partial charge in [-0.3, -0.25) is 14.2 Å². The van der Waals surface area contributed by atoms with Gasteiger partial charge in [0, 0.05) is 6.54 Å². The molecule has 2 N–H and O–H groups in total. The number of aromatic nitrogens is 2. The first-order valence-electron chi connectivity index (χ1n) is 8.62. The fourth-order valence-electron chi connectivity index (χ4n) is 2.67. The first-order chi connectivity index (χ1) is 13.0. The average molecular weight is 367 g/mol. The molecule has 0 aliphatic carbocycles. The summed E-state index contributed by atoms with van der Waals surface area (Å²) in [5.41, 5.74) is 1.93. The van der Waals surface area contributed by atoms with Gasteiger partial charge in [0.1, 0.15) is 25.0 Å². The molecule has 7 heteroatoms. The van der Waals surface area contributed by atoms with Crippen LogP contribution in [0, 0.1) is 6.92 Å². The van der Waals surface area contributed by atoms with Crippen molar-refractivity contribution < 1.29 is 14.6 Å². The number of hydrogen-bond donors (Lipinski definition) is 2. The van der Waals surface area contributed by atoms with Crippen molar-refractivity contribution in [1.29, 1.82) is 0 Å². The smallest absolute Gasteiger partial charge is 0.269 e. The van der Waals surface area contributed by atoms with Crippen LogP contribution in [-0.4, -0.2) is 39.8 Å². The standard InChI is InChI=1S/C20H21N3O4/c1-14-5-4-6-16(9-14)27-13-15(24)10-22-19(25)12-23-18-8-3-2-7-17(18)21-11-20(23)26/h2-9,11,15,24H,10,12-13H2,1H3,(H,22,25). The molecule has 1 amide bonds. The van der Waals surface area contributed by atoms with Gasteiger partial charge in [-0.2, -0.15) is 0 Å². The number of aliphatic hydroxyl groups is 1. The Bertz CT molecular complexity index is 1000. The SMILES string of the molecule is Cc1cccc(OCC(O)CNC(=O)Cn2c(=O)cnc3ccccc32)c1. The van der Waals surface area contributed by atoms with E-state index in [1.165, 1.54) is 10.8 Å². The molecular weight excluding hydrogens is 346 g/mol. The Morgan fingerprint density at radius 3 is 2.89 bits per heavy atom. The molecule has 1 heterocycles. The maximum absolute atomic E-state index is 12.2. The molecule has 2 aromatic carbocycles. The van der Waals surface area contributed by atoms with Crippen LogP contribution in [0.25, 0.3) is 11.0 Å². The number of benzene rings is 2. The maximum Gasteiger partial charge on any atom is 0.269 e. The van der Waals surface area contributed by atoms with Gasteiger partial charge in [-0.1, -0.05) is 24.3 Å². The highest BCUT2D eigenvalue weighted by Crippen LogP contribution is 2.12. The van der Waals surface area contributed by atoms with Crippen LogP contribution < -0.4 is 15.6 Å². The van der Waals surface area contributed by atoms with Crippen molar-refractivity contribution in [3.05, 3.63) is 70.6 Å². The molecule has 0 radical (unpaired) electrons. The van der Waals surface area contributed by atoms with Crippen molar-refractivity contribution in [2.24, 2.45) is 0 Å². The molecule has 0 fully saturated rings. The molecule has 0 aliphatic heterocycles. The van der Waals surface area contributed by atoms with Crippen LogP contribution in [0.2, 0.25) is 0 Å². The number of carbonyl (C=O) groups is 1. The van der Waals surface area contributed by atoms with Crippen molar-refractivity contribution >= 4 is 16.9 Å². The highest BCUT2D eigenvalue weighted by atomic mass is 16.5. The first-order valence-corrected chi connectivity index (χ1v) is 8.62. The molecule has 3 aromatic rings. The van der Waals surface area contributed by atoms with E-state index in [4.69, 9.17) is 4.74 Å². The predicted molar refractivity (Wildman–Crippen MR) is 102 cm³/mol. The van der Waals surface area contributed by atoms with Crippen molar-refractivity contribution in [3.63, 3.8) is 0 Å². The summed E-state index contributed by atoms with van der Waals surface area (Å²) in [6.07, 6.45) is 0.334. The summed E-state index contributed by atoms with van der Waals surface area (Å²) in [6.45, 7) is 1.89. The molecule has 1 unspecified atom stereocenters. The lowest BCUT2D eigenvalue weighted by Crippen LogP contribution is -2.38. The zero-order chi connectivity index (χ0) is 19.2. The number of hydrogen-bond acceptors (Lipinski definition) is 5. The van der Waals surface area contributed by atoms with E-state index in [-0.39, 0.29) is 31.2 Å². The number of rotatable bonds is 7. The number of nitrogens with one attached hydrogen (secondary N) is 1. The lowest BCUT2D eigenvalue weighted by Gasteiger charge is -2.14. The number of aryl methyl sites for hydroxylation is 1. The third-order valence-electron chi connectivity index (χ3n) is 4.02. The molecule has 3 rings (SSSR count). The average Bonchev–Trinajstić information content (AvgIpc) is 2.67. The number of para-hydroxylation sites is 2. The maximum atomic E-state index is 12.2. The van der Waals surface area contributed by atoms with Crippen LogP contribution in [0.3, 0.4) is 0 Å². The van der Waals surface area contributed by atoms with Gasteiger partial charge < -0.3 is 15.2 Å². The fourth-order valence-corrected chi connectivity index (χ4v) is 2.67. The highest BCUT2D eigenvalue weighted by molar-refractivity contribution is 5.79. The summed E-state index contributed by atoms with van der Waals surface area (Å²) in [5.74, 6) is 0.290. The van der Waals surface area contributed by atoms with Gasteiger partial charge in [-0.15, -0.1) is 0 Å². The van der Waals surface area contributed by atoms with Gasteiger partial charge in [0.15, 0.2) is 0 Å². The third-order valence-corrected chi connectivity index (χ3v) is 4.02. The van der Waals surface area contributed by atoms with E-state index in [9.17, 15) is 14.7 Å². The molecule has 0 bridgehead atoms. The zero-order valence-corrected chi connectivity index (χ0v) is 15.0. The number of fused-ring (bicyclic) bond motifs is 1. The van der Waals surface area contributed by atoms with Crippen molar-refractivity contribution in [1.82, 2.24) is 14.9 Å². The Morgan fingerprint density at radius 2 is 2.07 bits per heavy atom. The normalized spacial score (nSPS) is 11.9. The molecule has 0 spiro atoms. The lowest BCUT2D eigenvalue weighted by molar-refractivity contribution is -0.122. The minimum Gasteiger partial charge on any atom is -0.491 e. The van der Waals surface area contributed by atoms with Crippen LogP contribution >= 0.6 is 0 Å². The summed E-state index contributed by atoms with van der Waals surface area (Å²) >= 11 is 0. The summed E-state index contributed by atoms with van der Waals surface area (Å²) in [5, 5.41) is 12.6. The van der Waals surface area contributed by atoms with Gasteiger partial charge in [-0.05, 0) is 36.8 Å². The van der Waals surface area contributed by atoms with E-state index in [0.29, 0.717) is 16.8 Å². The summed E-state index contributed by atoms with van der Waals surface area (Å²) in [7, 11) is 0. The van der Waals surface area contributed by atoms with E-state index in [2.05, 4.69) is 10.3 Å². The van der Waals surface area contributed by atoms with Crippen LogP contribution in [0.15, 0.2) is 59.5 Å². The highest BCUT2D eigenvalue weighted by Gasteiger charge is 2.11. The molecule has 27 heavy (non-hydrogen) atoms. The van der Waals surface area contributed by atoms with Gasteiger partial charge in [0.25, 0.3) is 5.56 Å². The Kier molecular flexibility index (Phi) is 5.83. The van der Waals surface area contributed by atoms with Crippen LogP contribution in [0.4, 0.5) is 0 Å². The van der Waals surface area contributed by atoms with E-state index >= 15 is 0 Å². The molecule has 140 valence electrons. The number of nitrogens with zero attached hydrogens (tertiary/aromatic N) is 2. The molecular formula is C20H21N3O4. The zero-order valence-electron chi connectivity index (χ0n) is 15.0. The molecule has 7 nitrogen and oxygen atoms in total. The Hall–Kier alpha value is -3.19. The third kappa shape index (κ3) is 4.92. The topological polar surface area (TPSA) is 93.5 Å². The Labute approximate surface area is 156 Å². The second-order valence-electron chi connectivity index (χ2n) is 6.26. The van der Waals surface area contributed by atoms with Crippen LogP contribution in [0.1, 0.15) is 5.56 Å². The van der Waals surface area contributed by atoms with Crippen molar-refractivity contribution in [2.45, 2.75) is 19.6 Å². The van der Waals surface area contributed by atoms with Crippen LogP contribution in [-0.2, 0) is 11.3 Å². The van der Waals surface area contributed by atoms with E-state index in [0.717, 1.165) is 5.56 Å². The number of ether oxygens (including phenoxy) is 1. The predicted octanol–water partition coefficient (Wildman–Crippen LogP) is 1.26. The minimum atomic E-state index is -0.861. The number of amides is 1. The van der Waals surface area contributed by atoms with E-state index in [1.807, 2.05) is 31.2 Å². The minimum absolute atomic E-state index is 0.0302. The molecule has 1 aromatic heterocycles. The largest absolute Gasteiger partial charge is 0.491 e. The van der Waals surface area contributed by atoms with Gasteiger partial charge >= 0.3 is 0 Å². The van der Waals surface area contributed by atoms with E-state index < -0.39 is 6.10 Å². The lowest BCUT2D eigenvalue weighted by atomic mass is 10.2. The van der Waals surface area contributed by atoms with Crippen molar-refractivity contribution in [2.75, 3.05) is 13.2 Å². The molecule has 0 saturated carbocycles. The summed E-state index contributed by atoms with van der Waals surface area (Å²) in [6, 6.07) is 14.6. The molecule has 1 atom stereocenters. The Morgan fingerprint density at radius 1 is 1.26 bits per heavy atom. The molecule has 0 saturated heterocycles. The second-order valence-corrected chi connectivity index (χ2v) is 6.26.